The third-order valence-corrected chi connectivity index (χ3v) is 4.01. The summed E-state index contributed by atoms with van der Waals surface area (Å²) < 4.78 is 15.6. The molecular formula is C21H25NO5. The highest BCUT2D eigenvalue weighted by Crippen LogP contribution is 2.32. The van der Waals surface area contributed by atoms with Gasteiger partial charge in [-0.25, -0.2) is 9.59 Å². The highest BCUT2D eigenvalue weighted by Gasteiger charge is 2.35. The predicted octanol–water partition coefficient (Wildman–Crippen LogP) is 3.74. The van der Waals surface area contributed by atoms with E-state index in [1.807, 2.05) is 6.07 Å². The summed E-state index contributed by atoms with van der Waals surface area (Å²) in [6, 6.07) is 3.63. The van der Waals surface area contributed by atoms with Crippen LogP contribution in [0.15, 0.2) is 63.6 Å². The van der Waals surface area contributed by atoms with Crippen LogP contribution >= 0.6 is 0 Å². The molecule has 1 aliphatic rings. The molecule has 1 aromatic rings. The fraction of sp³-hybridized carbons (Fsp3) is 0.333. The van der Waals surface area contributed by atoms with E-state index in [9.17, 15) is 9.59 Å². The number of carbonyl (C=O) groups is 2. The molecule has 0 aromatic carbocycles. The highest BCUT2D eigenvalue weighted by atomic mass is 16.5. The zero-order chi connectivity index (χ0) is 19.8. The Morgan fingerprint density at radius 1 is 1.07 bits per heavy atom. The Morgan fingerprint density at radius 2 is 1.67 bits per heavy atom. The molecule has 1 N–H and O–H groups in total. The number of dihydropyridines is 1. The van der Waals surface area contributed by atoms with Gasteiger partial charge in [0.05, 0.1) is 30.6 Å². The van der Waals surface area contributed by atoms with Gasteiger partial charge in [0.15, 0.2) is 0 Å². The van der Waals surface area contributed by atoms with E-state index < -0.39 is 17.9 Å². The second-order valence-corrected chi connectivity index (χ2v) is 5.88. The largest absolute Gasteiger partial charge is 0.465 e. The van der Waals surface area contributed by atoms with Gasteiger partial charge in [-0.05, 0) is 45.9 Å². The summed E-state index contributed by atoms with van der Waals surface area (Å²) in [4.78, 5) is 25.0. The Bertz CT molecular complexity index is 757. The number of carbonyl (C=O) groups excluding carboxylic acids is 2. The lowest BCUT2D eigenvalue weighted by molar-refractivity contribution is -0.139. The van der Waals surface area contributed by atoms with Crippen molar-refractivity contribution in [3.8, 4) is 0 Å². The molecule has 0 saturated carbocycles. The van der Waals surface area contributed by atoms with Gasteiger partial charge >= 0.3 is 11.9 Å². The second-order valence-electron chi connectivity index (χ2n) is 5.88. The van der Waals surface area contributed by atoms with Crippen molar-refractivity contribution in [2.75, 3.05) is 13.2 Å². The zero-order valence-electron chi connectivity index (χ0n) is 16.1. The summed E-state index contributed by atoms with van der Waals surface area (Å²) in [5.74, 6) is -0.770. The van der Waals surface area contributed by atoms with E-state index in [0.717, 1.165) is 0 Å². The van der Waals surface area contributed by atoms with Crippen molar-refractivity contribution in [2.24, 2.45) is 5.92 Å². The van der Waals surface area contributed by atoms with Gasteiger partial charge in [0.1, 0.15) is 5.76 Å². The molecule has 0 amide bonds. The van der Waals surface area contributed by atoms with Crippen LogP contribution in [-0.2, 0) is 19.1 Å². The van der Waals surface area contributed by atoms with Crippen LogP contribution in [0.25, 0.3) is 6.08 Å². The third kappa shape index (κ3) is 5.00. The number of esters is 2. The minimum atomic E-state index is -0.564. The lowest BCUT2D eigenvalue weighted by Crippen LogP contribution is -2.32. The van der Waals surface area contributed by atoms with E-state index in [1.165, 1.54) is 0 Å². The first kappa shape index (κ1) is 20.3. The zero-order valence-corrected chi connectivity index (χ0v) is 16.1. The van der Waals surface area contributed by atoms with Crippen LogP contribution in [0.1, 0.15) is 33.5 Å². The van der Waals surface area contributed by atoms with Crippen molar-refractivity contribution in [3.63, 3.8) is 0 Å². The van der Waals surface area contributed by atoms with E-state index in [-0.39, 0.29) is 13.2 Å². The number of furan rings is 1. The molecule has 0 bridgehead atoms. The Balaban J connectivity index is 2.38. The number of hydrogen-bond donors (Lipinski definition) is 1. The van der Waals surface area contributed by atoms with Crippen molar-refractivity contribution in [1.82, 2.24) is 5.32 Å². The smallest absolute Gasteiger partial charge is 0.336 e. The first-order valence-electron chi connectivity index (χ1n) is 8.90. The molecule has 6 heteroatoms. The minimum absolute atomic E-state index is 0.252. The highest BCUT2D eigenvalue weighted by molar-refractivity contribution is 5.98. The fourth-order valence-corrected chi connectivity index (χ4v) is 2.91. The quantitative estimate of drug-likeness (QED) is 0.581. The van der Waals surface area contributed by atoms with Gasteiger partial charge in [-0.3, -0.25) is 0 Å². The maximum absolute atomic E-state index is 12.5. The number of ether oxygens (including phenoxy) is 2. The SMILES string of the molecule is CCOC(=O)C1=C(C)NC(C)=C(C(=O)OCC)C1/C=C/C=C/c1ccco1. The summed E-state index contributed by atoms with van der Waals surface area (Å²) in [5, 5.41) is 3.09. The molecule has 2 rings (SSSR count). The monoisotopic (exact) mass is 371 g/mol. The van der Waals surface area contributed by atoms with Gasteiger partial charge in [0.2, 0.25) is 0 Å². The Hall–Kier alpha value is -3.02. The first-order chi connectivity index (χ1) is 13.0. The average Bonchev–Trinajstić information content (AvgIpc) is 3.12. The van der Waals surface area contributed by atoms with Crippen molar-refractivity contribution < 1.29 is 23.5 Å². The molecule has 0 aliphatic carbocycles. The van der Waals surface area contributed by atoms with Crippen molar-refractivity contribution in [3.05, 3.63) is 64.9 Å². The molecular weight excluding hydrogens is 346 g/mol. The van der Waals surface area contributed by atoms with Crippen molar-refractivity contribution in [1.29, 1.82) is 0 Å². The van der Waals surface area contributed by atoms with Crippen LogP contribution in [0.5, 0.6) is 0 Å². The fourth-order valence-electron chi connectivity index (χ4n) is 2.91. The Kier molecular flexibility index (Phi) is 7.23. The van der Waals surface area contributed by atoms with E-state index in [4.69, 9.17) is 13.9 Å². The molecule has 0 radical (unpaired) electrons. The van der Waals surface area contributed by atoms with Crippen LogP contribution < -0.4 is 5.32 Å². The van der Waals surface area contributed by atoms with E-state index in [2.05, 4.69) is 5.32 Å². The van der Waals surface area contributed by atoms with Crippen LogP contribution in [0.2, 0.25) is 0 Å². The standard InChI is InChI=1S/C21H25NO5/c1-5-25-20(23)18-14(3)22-15(4)19(21(24)26-6-2)17(18)12-8-7-10-16-11-9-13-27-16/h7-13,17,22H,5-6H2,1-4H3/b10-7+,12-8+. The maximum atomic E-state index is 12.5. The molecule has 144 valence electrons. The topological polar surface area (TPSA) is 77.8 Å². The average molecular weight is 371 g/mol. The van der Waals surface area contributed by atoms with Crippen molar-refractivity contribution >= 4 is 18.0 Å². The molecule has 1 aliphatic heterocycles. The molecule has 0 atom stereocenters. The maximum Gasteiger partial charge on any atom is 0.336 e. The molecule has 0 unspecified atom stereocenters. The van der Waals surface area contributed by atoms with E-state index in [0.29, 0.717) is 28.3 Å². The number of nitrogens with one attached hydrogen (secondary N) is 1. The Morgan fingerprint density at radius 3 is 2.15 bits per heavy atom. The predicted molar refractivity (Wildman–Crippen MR) is 102 cm³/mol. The van der Waals surface area contributed by atoms with E-state index in [1.54, 1.807) is 64.3 Å². The summed E-state index contributed by atoms with van der Waals surface area (Å²) in [6.45, 7) is 7.57. The number of allylic oxidation sites excluding steroid dienone is 5. The van der Waals surface area contributed by atoms with Gasteiger partial charge < -0.3 is 19.2 Å². The molecule has 0 spiro atoms. The van der Waals surface area contributed by atoms with Crippen LogP contribution in [0.4, 0.5) is 0 Å². The first-order valence-corrected chi connectivity index (χ1v) is 8.90. The minimum Gasteiger partial charge on any atom is -0.465 e. The van der Waals surface area contributed by atoms with Crippen LogP contribution in [-0.4, -0.2) is 25.2 Å². The molecule has 6 nitrogen and oxygen atoms in total. The van der Waals surface area contributed by atoms with Crippen molar-refractivity contribution in [2.45, 2.75) is 27.7 Å². The van der Waals surface area contributed by atoms with Gasteiger partial charge in [-0.2, -0.15) is 0 Å². The summed E-state index contributed by atoms with van der Waals surface area (Å²) >= 11 is 0. The number of hydrogen-bond acceptors (Lipinski definition) is 6. The van der Waals surface area contributed by atoms with Crippen LogP contribution in [0.3, 0.4) is 0 Å². The second kappa shape index (κ2) is 9.62. The summed E-state index contributed by atoms with van der Waals surface area (Å²) in [6.07, 6.45) is 8.73. The number of rotatable bonds is 7. The van der Waals surface area contributed by atoms with Crippen LogP contribution in [0, 0.1) is 5.92 Å². The Labute approximate surface area is 159 Å². The summed E-state index contributed by atoms with van der Waals surface area (Å²) in [7, 11) is 0. The van der Waals surface area contributed by atoms with E-state index >= 15 is 0 Å². The van der Waals surface area contributed by atoms with Gasteiger partial charge in [-0.15, -0.1) is 0 Å². The van der Waals surface area contributed by atoms with Gasteiger partial charge in [-0.1, -0.05) is 18.2 Å². The van der Waals surface area contributed by atoms with Gasteiger partial charge in [0, 0.05) is 17.3 Å². The third-order valence-electron chi connectivity index (χ3n) is 4.01. The lowest BCUT2D eigenvalue weighted by atomic mass is 9.85. The summed E-state index contributed by atoms with van der Waals surface area (Å²) in [5.41, 5.74) is 2.11. The molecule has 2 heterocycles. The van der Waals surface area contributed by atoms with Gasteiger partial charge in [0.25, 0.3) is 0 Å². The molecule has 27 heavy (non-hydrogen) atoms. The molecule has 0 saturated heterocycles. The normalized spacial score (nSPS) is 15.6. The molecule has 0 fully saturated rings. The molecule has 1 aromatic heterocycles. The lowest BCUT2D eigenvalue weighted by Gasteiger charge is -2.28.